The van der Waals surface area contributed by atoms with Crippen LogP contribution in [-0.4, -0.2) is 43.8 Å². The first-order valence-corrected chi connectivity index (χ1v) is 6.27. The van der Waals surface area contributed by atoms with Gasteiger partial charge < -0.3 is 10.1 Å². The molecule has 2 rings (SSSR count). The molecule has 7 nitrogen and oxygen atoms in total. The zero-order valence-electron chi connectivity index (χ0n) is 11.6. The summed E-state index contributed by atoms with van der Waals surface area (Å²) in [5.74, 6) is -1.99. The van der Waals surface area contributed by atoms with Crippen LogP contribution in [0, 0.1) is 0 Å². The molecule has 0 aliphatic carbocycles. The van der Waals surface area contributed by atoms with Crippen LogP contribution in [0.4, 0.5) is 0 Å². The Labute approximate surface area is 120 Å². The summed E-state index contributed by atoms with van der Waals surface area (Å²) in [6.07, 6.45) is 0. The topological polar surface area (TPSA) is 102 Å². The molecule has 1 aromatic rings. The second kappa shape index (κ2) is 5.84. The Kier molecular flexibility index (Phi) is 4.13. The number of nitrogens with one attached hydrogen (secondary N) is 2. The normalized spacial score (nSPS) is 12.9. The summed E-state index contributed by atoms with van der Waals surface area (Å²) in [6.45, 7) is 1.89. The van der Waals surface area contributed by atoms with E-state index >= 15 is 0 Å². The Morgan fingerprint density at radius 1 is 1.14 bits per heavy atom. The summed E-state index contributed by atoms with van der Waals surface area (Å²) < 4.78 is 4.82. The van der Waals surface area contributed by atoms with E-state index in [1.807, 2.05) is 0 Å². The molecule has 0 saturated heterocycles. The number of imide groups is 1. The monoisotopic (exact) mass is 290 g/mol. The van der Waals surface area contributed by atoms with Crippen molar-refractivity contribution in [2.24, 2.45) is 0 Å². The molecule has 1 heterocycles. The zero-order chi connectivity index (χ0) is 15.6. The van der Waals surface area contributed by atoms with Crippen LogP contribution in [0.2, 0.25) is 0 Å². The summed E-state index contributed by atoms with van der Waals surface area (Å²) >= 11 is 0. The Hall–Kier alpha value is -2.54. The molecule has 0 fully saturated rings. The molecule has 7 heteroatoms. The van der Waals surface area contributed by atoms with Gasteiger partial charge in [0.15, 0.2) is 5.78 Å². The summed E-state index contributed by atoms with van der Waals surface area (Å²) in [6, 6.07) is 2.55. The van der Waals surface area contributed by atoms with E-state index in [1.165, 1.54) is 26.2 Å². The fourth-order valence-corrected chi connectivity index (χ4v) is 2.05. The van der Waals surface area contributed by atoms with E-state index in [0.717, 1.165) is 0 Å². The summed E-state index contributed by atoms with van der Waals surface area (Å²) in [5.41, 5.74) is 0.385. The van der Waals surface area contributed by atoms with E-state index in [9.17, 15) is 19.2 Å². The van der Waals surface area contributed by atoms with Crippen LogP contribution in [0.15, 0.2) is 12.1 Å². The smallest absolute Gasteiger partial charge is 0.258 e. The third-order valence-corrected chi connectivity index (χ3v) is 3.09. The lowest BCUT2D eigenvalue weighted by atomic mass is 9.96. The van der Waals surface area contributed by atoms with Gasteiger partial charge >= 0.3 is 0 Å². The van der Waals surface area contributed by atoms with Gasteiger partial charge in [-0.3, -0.25) is 24.5 Å². The lowest BCUT2D eigenvalue weighted by Gasteiger charge is -2.09. The highest BCUT2D eigenvalue weighted by atomic mass is 16.5. The Morgan fingerprint density at radius 2 is 1.71 bits per heavy atom. The number of hydrogen-bond acceptors (Lipinski definition) is 5. The van der Waals surface area contributed by atoms with Crippen molar-refractivity contribution in [3.05, 3.63) is 34.4 Å². The molecule has 0 bridgehead atoms. The van der Waals surface area contributed by atoms with Gasteiger partial charge in [-0.05, 0) is 19.1 Å². The highest BCUT2D eigenvalue weighted by Crippen LogP contribution is 2.22. The van der Waals surface area contributed by atoms with Crippen LogP contribution in [0.1, 0.15) is 48.4 Å². The molecule has 1 aromatic carbocycles. The number of benzene rings is 1. The fraction of sp³-hybridized carbons (Fsp3) is 0.286. The maximum Gasteiger partial charge on any atom is 0.258 e. The van der Waals surface area contributed by atoms with Crippen molar-refractivity contribution in [1.29, 1.82) is 0 Å². The van der Waals surface area contributed by atoms with Gasteiger partial charge in [0.25, 0.3) is 17.7 Å². The maximum atomic E-state index is 12.1. The minimum atomic E-state index is -0.573. The van der Waals surface area contributed by atoms with E-state index in [1.54, 1.807) is 0 Å². The molecular formula is C14H14N2O5. The SMILES string of the molecule is COCCNC(=O)c1cc2c(cc1C(C)=O)C(=O)NC2=O. The van der Waals surface area contributed by atoms with E-state index in [4.69, 9.17) is 4.74 Å². The van der Waals surface area contributed by atoms with E-state index < -0.39 is 17.7 Å². The third kappa shape index (κ3) is 2.82. The van der Waals surface area contributed by atoms with Crippen molar-refractivity contribution < 1.29 is 23.9 Å². The molecule has 2 N–H and O–H groups in total. The van der Waals surface area contributed by atoms with Gasteiger partial charge in [0.05, 0.1) is 23.3 Å². The van der Waals surface area contributed by atoms with Crippen LogP contribution in [0.3, 0.4) is 0 Å². The molecule has 0 spiro atoms. The summed E-state index contributed by atoms with van der Waals surface area (Å²) in [5, 5.41) is 4.71. The largest absolute Gasteiger partial charge is 0.383 e. The number of carbonyl (C=O) groups excluding carboxylic acids is 4. The van der Waals surface area contributed by atoms with Crippen molar-refractivity contribution in [3.63, 3.8) is 0 Å². The lowest BCUT2D eigenvalue weighted by molar-refractivity contribution is 0.0878. The average Bonchev–Trinajstić information content (AvgIpc) is 2.72. The van der Waals surface area contributed by atoms with Crippen LogP contribution < -0.4 is 10.6 Å². The highest BCUT2D eigenvalue weighted by molar-refractivity contribution is 6.23. The van der Waals surface area contributed by atoms with Gasteiger partial charge in [-0.15, -0.1) is 0 Å². The minimum Gasteiger partial charge on any atom is -0.383 e. The van der Waals surface area contributed by atoms with Gasteiger partial charge in [-0.25, -0.2) is 0 Å². The molecule has 3 amide bonds. The Bertz CT molecular complexity index is 651. The molecule has 110 valence electrons. The minimum absolute atomic E-state index is 0.0715. The molecular weight excluding hydrogens is 276 g/mol. The molecule has 0 unspecified atom stereocenters. The highest BCUT2D eigenvalue weighted by Gasteiger charge is 2.30. The average molecular weight is 290 g/mol. The number of ketones is 1. The number of amides is 3. The second-order valence-electron chi connectivity index (χ2n) is 4.53. The summed E-state index contributed by atoms with van der Waals surface area (Å²) in [7, 11) is 1.50. The van der Waals surface area contributed by atoms with E-state index in [2.05, 4.69) is 10.6 Å². The number of fused-ring (bicyclic) bond motifs is 1. The van der Waals surface area contributed by atoms with Crippen molar-refractivity contribution in [2.75, 3.05) is 20.3 Å². The molecule has 0 saturated carbocycles. The van der Waals surface area contributed by atoms with Crippen molar-refractivity contribution in [1.82, 2.24) is 10.6 Å². The van der Waals surface area contributed by atoms with Crippen molar-refractivity contribution in [2.45, 2.75) is 6.92 Å². The molecule has 1 aliphatic rings. The number of methoxy groups -OCH3 is 1. The first-order chi connectivity index (χ1) is 9.95. The second-order valence-corrected chi connectivity index (χ2v) is 4.53. The Balaban J connectivity index is 2.43. The lowest BCUT2D eigenvalue weighted by Crippen LogP contribution is -2.28. The first kappa shape index (κ1) is 14.9. The van der Waals surface area contributed by atoms with Gasteiger partial charge in [-0.2, -0.15) is 0 Å². The maximum absolute atomic E-state index is 12.1. The van der Waals surface area contributed by atoms with Gasteiger partial charge in [0.2, 0.25) is 0 Å². The molecule has 21 heavy (non-hydrogen) atoms. The number of carbonyl (C=O) groups is 4. The van der Waals surface area contributed by atoms with Crippen LogP contribution in [-0.2, 0) is 4.74 Å². The standard InChI is InChI=1S/C14H14N2O5/c1-7(17)8-5-10-11(14(20)16-13(10)19)6-9(8)12(18)15-3-4-21-2/h5-6H,3-4H2,1-2H3,(H,15,18)(H,16,19,20). The Morgan fingerprint density at radius 3 is 2.24 bits per heavy atom. The fourth-order valence-electron chi connectivity index (χ4n) is 2.05. The van der Waals surface area contributed by atoms with Gasteiger partial charge in [-0.1, -0.05) is 0 Å². The van der Waals surface area contributed by atoms with Crippen LogP contribution in [0.5, 0.6) is 0 Å². The van der Waals surface area contributed by atoms with Crippen LogP contribution >= 0.6 is 0 Å². The number of rotatable bonds is 5. The van der Waals surface area contributed by atoms with Crippen LogP contribution in [0.25, 0.3) is 0 Å². The molecule has 1 aliphatic heterocycles. The van der Waals surface area contributed by atoms with Gasteiger partial charge in [0.1, 0.15) is 0 Å². The molecule has 0 aromatic heterocycles. The molecule has 0 atom stereocenters. The van der Waals surface area contributed by atoms with Crippen molar-refractivity contribution in [3.8, 4) is 0 Å². The van der Waals surface area contributed by atoms with E-state index in [0.29, 0.717) is 6.61 Å². The first-order valence-electron chi connectivity index (χ1n) is 6.27. The van der Waals surface area contributed by atoms with E-state index in [-0.39, 0.29) is 34.6 Å². The summed E-state index contributed by atoms with van der Waals surface area (Å²) in [4.78, 5) is 47.0. The predicted molar refractivity (Wildman–Crippen MR) is 72.5 cm³/mol. The van der Waals surface area contributed by atoms with Crippen molar-refractivity contribution >= 4 is 23.5 Å². The van der Waals surface area contributed by atoms with Gasteiger partial charge in [0, 0.05) is 19.2 Å². The quantitative estimate of drug-likeness (QED) is 0.456. The third-order valence-electron chi connectivity index (χ3n) is 3.09. The predicted octanol–water partition coefficient (Wildman–Crippen LogP) is 0.149. The number of hydrogen-bond donors (Lipinski definition) is 2. The number of ether oxygens (including phenoxy) is 1. The zero-order valence-corrected chi connectivity index (χ0v) is 11.6. The molecule has 0 radical (unpaired) electrons. The number of Topliss-reactive ketones (excluding diaryl/α,β-unsaturated/α-hetero) is 1.